The molecule has 8 rings (SSSR count). The Morgan fingerprint density at radius 1 is 0.716 bits per heavy atom. The van der Waals surface area contributed by atoms with Gasteiger partial charge in [0, 0.05) is 31.1 Å². The molecule has 3 aliphatic heterocycles. The molecule has 3 aromatic carbocycles. The van der Waals surface area contributed by atoms with Gasteiger partial charge in [0.15, 0.2) is 0 Å². The van der Waals surface area contributed by atoms with E-state index in [-0.39, 0.29) is 47.0 Å². The molecule has 354 valence electrons. The summed E-state index contributed by atoms with van der Waals surface area (Å²) >= 11 is 1.77. The van der Waals surface area contributed by atoms with Gasteiger partial charge in [-0.05, 0) is 96.0 Å². The van der Waals surface area contributed by atoms with E-state index in [9.17, 15) is 19.2 Å². The van der Waals surface area contributed by atoms with Crippen LogP contribution in [0.3, 0.4) is 0 Å². The SMILES string of the molecule is COC(=O)N[C@H](C(=O)N1CC(=C(C)C)C[C@H]1c1ncc(-c2ccc3cc(-c4ccc(-c5cnc([C@@H]6CSC(C7CCOCC7)N6C(=O)[C@@H](NC(=O)OC)C(C)C)[nH]5)cc4)ccc3c2)[nH]1)C(C)C. The van der Waals surface area contributed by atoms with Crippen LogP contribution < -0.4 is 10.6 Å². The zero-order valence-electron chi connectivity index (χ0n) is 39.6. The van der Waals surface area contributed by atoms with E-state index in [4.69, 9.17) is 24.2 Å². The van der Waals surface area contributed by atoms with Crippen LogP contribution in [-0.2, 0) is 23.8 Å². The van der Waals surface area contributed by atoms with Gasteiger partial charge in [0.05, 0.1) is 49.4 Å². The number of hydrogen-bond acceptors (Lipinski definition) is 10. The third-order valence-electron chi connectivity index (χ3n) is 13.4. The first kappa shape index (κ1) is 47.4. The fourth-order valence-electron chi connectivity index (χ4n) is 9.42. The molecule has 0 radical (unpaired) electrons. The number of amides is 4. The van der Waals surface area contributed by atoms with Gasteiger partial charge < -0.3 is 44.6 Å². The topological polar surface area (TPSA) is 184 Å². The highest BCUT2D eigenvalue weighted by Crippen LogP contribution is 2.45. The van der Waals surface area contributed by atoms with Crippen LogP contribution in [-0.4, -0.2) is 111 Å². The van der Waals surface area contributed by atoms with Gasteiger partial charge >= 0.3 is 12.2 Å². The average Bonchev–Trinajstić information content (AvgIpc) is 4.18. The number of likely N-dealkylation sites (tertiary alicyclic amines) is 1. The van der Waals surface area contributed by atoms with Crippen molar-refractivity contribution in [1.82, 2.24) is 40.4 Å². The lowest BCUT2D eigenvalue weighted by molar-refractivity contribution is -0.138. The predicted octanol–water partition coefficient (Wildman–Crippen LogP) is 9.03. The number of alkyl carbamates (subject to hydrolysis) is 2. The molecule has 0 saturated carbocycles. The number of allylic oxidation sites excluding steroid dienone is 1. The van der Waals surface area contributed by atoms with Gasteiger partial charge in [0.1, 0.15) is 29.8 Å². The van der Waals surface area contributed by atoms with Crippen LogP contribution in [0, 0.1) is 17.8 Å². The second-order valence-corrected chi connectivity index (χ2v) is 19.8. The van der Waals surface area contributed by atoms with Crippen molar-refractivity contribution < 1.29 is 33.4 Å². The van der Waals surface area contributed by atoms with Crippen molar-refractivity contribution in [3.05, 3.63) is 95.9 Å². The predicted molar refractivity (Wildman–Crippen MR) is 260 cm³/mol. The number of methoxy groups -OCH3 is 2. The molecule has 3 aliphatic rings. The number of benzene rings is 3. The van der Waals surface area contributed by atoms with Crippen LogP contribution in [0.25, 0.3) is 44.4 Å². The minimum Gasteiger partial charge on any atom is -0.453 e. The van der Waals surface area contributed by atoms with E-state index in [0.29, 0.717) is 43.6 Å². The van der Waals surface area contributed by atoms with E-state index in [2.05, 4.69) is 95.1 Å². The summed E-state index contributed by atoms with van der Waals surface area (Å²) in [5.41, 5.74) is 8.16. The molecule has 3 fully saturated rings. The van der Waals surface area contributed by atoms with E-state index in [1.807, 2.05) is 49.9 Å². The first-order valence-electron chi connectivity index (χ1n) is 23.2. The highest BCUT2D eigenvalue weighted by molar-refractivity contribution is 8.00. The van der Waals surface area contributed by atoms with Gasteiger partial charge in [-0.25, -0.2) is 19.6 Å². The number of rotatable bonds is 12. The molecule has 0 aliphatic carbocycles. The van der Waals surface area contributed by atoms with Crippen molar-refractivity contribution in [1.29, 1.82) is 0 Å². The number of hydrogen-bond donors (Lipinski definition) is 4. The maximum absolute atomic E-state index is 14.4. The summed E-state index contributed by atoms with van der Waals surface area (Å²) in [6.07, 6.45) is 4.79. The number of ether oxygens (including phenoxy) is 3. The van der Waals surface area contributed by atoms with Crippen LogP contribution >= 0.6 is 11.8 Å². The van der Waals surface area contributed by atoms with Crippen molar-refractivity contribution in [2.75, 3.05) is 39.7 Å². The zero-order chi connectivity index (χ0) is 47.5. The fraction of sp³-hybridized carbons (Fsp3) is 0.451. The first-order valence-corrected chi connectivity index (χ1v) is 24.2. The Morgan fingerprint density at radius 2 is 1.24 bits per heavy atom. The summed E-state index contributed by atoms with van der Waals surface area (Å²) in [4.78, 5) is 73.4. The normalized spacial score (nSPS) is 19.8. The lowest BCUT2D eigenvalue weighted by atomic mass is 9.96. The number of fused-ring (bicyclic) bond motifs is 1. The number of aromatic nitrogens is 4. The second kappa shape index (κ2) is 20.4. The number of nitrogens with one attached hydrogen (secondary N) is 4. The molecular weight excluding hydrogens is 869 g/mol. The molecule has 4 N–H and O–H groups in total. The van der Waals surface area contributed by atoms with E-state index in [1.165, 1.54) is 25.4 Å². The van der Waals surface area contributed by atoms with Gasteiger partial charge in [0.2, 0.25) is 11.8 Å². The van der Waals surface area contributed by atoms with E-state index in [1.54, 1.807) is 11.8 Å². The van der Waals surface area contributed by atoms with Crippen LogP contribution in [0.15, 0.2) is 84.2 Å². The summed E-state index contributed by atoms with van der Waals surface area (Å²) in [5, 5.41) is 7.64. The number of nitrogens with zero attached hydrogens (tertiary/aromatic N) is 4. The molecule has 67 heavy (non-hydrogen) atoms. The van der Waals surface area contributed by atoms with Crippen LogP contribution in [0.1, 0.15) is 84.5 Å². The summed E-state index contributed by atoms with van der Waals surface area (Å²) < 4.78 is 15.4. The maximum Gasteiger partial charge on any atom is 0.407 e. The Bertz CT molecular complexity index is 2630. The molecule has 16 heteroatoms. The van der Waals surface area contributed by atoms with Gasteiger partial charge in [-0.15, -0.1) is 11.8 Å². The molecule has 5 atom stereocenters. The van der Waals surface area contributed by atoms with Gasteiger partial charge in [-0.2, -0.15) is 0 Å². The zero-order valence-corrected chi connectivity index (χ0v) is 40.4. The second-order valence-electron chi connectivity index (χ2n) is 18.7. The Morgan fingerprint density at radius 3 is 1.82 bits per heavy atom. The van der Waals surface area contributed by atoms with E-state index in [0.717, 1.165) is 57.3 Å². The Kier molecular flexibility index (Phi) is 14.4. The standard InChI is InChI=1S/C51H62N8O7S/c1-28(2)38-23-41(58(26-38)47(60)43(29(3)4)56-50(62)64-7)45-52-25-40(55-45)37-16-15-35-21-34(13-14-36(35)22-37)31-9-11-32(12-10-31)39-24-53-46(54-39)42-27-67-49(33-17-19-66-20-18-33)59(42)48(61)44(30(5)6)57-51(63)65-8/h9-16,21-22,24-25,29-30,33,41-44,49H,17-20,23,26-27H2,1-8H3,(H,52,55)(H,53,54)(H,56,62)(H,57,63)/t41-,42-,43-,44-,49?/m0/s1. The van der Waals surface area contributed by atoms with E-state index >= 15 is 0 Å². The Balaban J connectivity index is 0.979. The molecule has 5 aromatic rings. The summed E-state index contributed by atoms with van der Waals surface area (Å²) in [5.74, 6) is 1.78. The van der Waals surface area contributed by atoms with Gasteiger partial charge in [0.25, 0.3) is 0 Å². The Labute approximate surface area is 396 Å². The third kappa shape index (κ3) is 10.1. The quantitative estimate of drug-likeness (QED) is 0.0881. The lowest BCUT2D eigenvalue weighted by Crippen LogP contribution is -2.54. The maximum atomic E-state index is 14.4. The van der Waals surface area contributed by atoms with Crippen LogP contribution in [0.5, 0.6) is 0 Å². The minimum absolute atomic E-state index is 0.0623. The van der Waals surface area contributed by atoms with Crippen molar-refractivity contribution >= 4 is 46.5 Å². The highest BCUT2D eigenvalue weighted by Gasteiger charge is 2.46. The van der Waals surface area contributed by atoms with Gasteiger partial charge in [-0.1, -0.05) is 81.8 Å². The molecule has 5 heterocycles. The van der Waals surface area contributed by atoms with Crippen LogP contribution in [0.2, 0.25) is 0 Å². The van der Waals surface area contributed by atoms with Crippen molar-refractivity contribution in [3.63, 3.8) is 0 Å². The lowest BCUT2D eigenvalue weighted by Gasteiger charge is -2.38. The van der Waals surface area contributed by atoms with Crippen molar-refractivity contribution in [2.24, 2.45) is 17.8 Å². The third-order valence-corrected chi connectivity index (χ3v) is 14.9. The number of imidazole rings is 2. The summed E-state index contributed by atoms with van der Waals surface area (Å²) in [7, 11) is 2.60. The molecule has 2 aromatic heterocycles. The molecule has 1 unspecified atom stereocenters. The monoisotopic (exact) mass is 930 g/mol. The van der Waals surface area contributed by atoms with Crippen LogP contribution in [0.4, 0.5) is 9.59 Å². The van der Waals surface area contributed by atoms with Gasteiger partial charge in [-0.3, -0.25) is 9.59 Å². The molecule has 3 saturated heterocycles. The highest BCUT2D eigenvalue weighted by atomic mass is 32.2. The Hall–Kier alpha value is -6.13. The number of carbonyl (C=O) groups excluding carboxylic acids is 4. The smallest absolute Gasteiger partial charge is 0.407 e. The molecular formula is C51H62N8O7S. The van der Waals surface area contributed by atoms with Crippen molar-refractivity contribution in [2.45, 2.75) is 90.3 Å². The van der Waals surface area contributed by atoms with E-state index < -0.39 is 24.3 Å². The number of H-pyrrole nitrogens is 2. The number of carbonyl (C=O) groups is 4. The first-order chi connectivity index (χ1) is 32.2. The summed E-state index contributed by atoms with van der Waals surface area (Å²) in [6, 6.07) is 19.1. The number of thioether (sulfide) groups is 1. The number of aromatic amines is 2. The molecule has 0 spiro atoms. The van der Waals surface area contributed by atoms with Crippen molar-refractivity contribution in [3.8, 4) is 33.6 Å². The fourth-order valence-corrected chi connectivity index (χ4v) is 11.1. The minimum atomic E-state index is -0.743. The molecule has 0 bridgehead atoms. The summed E-state index contributed by atoms with van der Waals surface area (Å²) in [6.45, 7) is 13.6. The average molecular weight is 931 g/mol. The molecule has 15 nitrogen and oxygen atoms in total. The largest absolute Gasteiger partial charge is 0.453 e. The molecule has 4 amide bonds.